The molecule has 9 atom stereocenters. The summed E-state index contributed by atoms with van der Waals surface area (Å²) in [4.78, 5) is 15.3. The lowest BCUT2D eigenvalue weighted by molar-refractivity contribution is -0.219. The molecule has 3 heteroatoms. The number of fused-ring (bicyclic) bond motifs is 7. The minimum atomic E-state index is 0.0957. The molecule has 0 radical (unpaired) electrons. The molecule has 1 aromatic carbocycles. The molecule has 1 aromatic rings. The molecule has 5 aliphatic carbocycles. The number of hydrogen-bond donors (Lipinski definition) is 1. The summed E-state index contributed by atoms with van der Waals surface area (Å²) in [6.07, 6.45) is 16.1. The average Bonchev–Trinajstić information content (AvgIpc) is 3.39. The second kappa shape index (κ2) is 12.8. The summed E-state index contributed by atoms with van der Waals surface area (Å²) in [5, 5.41) is 4.24. The van der Waals surface area contributed by atoms with E-state index in [1.165, 1.54) is 74.5 Å². The molecule has 4 fully saturated rings. The highest BCUT2D eigenvalue weighted by Gasteiger charge is 2.70. The third kappa shape index (κ3) is 6.07. The topological polar surface area (TPSA) is 32.3 Å². The van der Waals surface area contributed by atoms with E-state index >= 15 is 0 Å². The number of allylic oxidation sites excluding steroid dienone is 3. The van der Waals surface area contributed by atoms with Crippen LogP contribution in [0.5, 0.6) is 0 Å². The van der Waals surface area contributed by atoms with Crippen molar-refractivity contribution in [3.8, 4) is 0 Å². The summed E-state index contributed by atoms with van der Waals surface area (Å²) in [5.74, 6) is 3.83. The van der Waals surface area contributed by atoms with Crippen LogP contribution in [0, 0.1) is 56.7 Å². The number of carbonyl (C=O) groups excluding carboxylic acids is 1. The van der Waals surface area contributed by atoms with Gasteiger partial charge in [-0.2, -0.15) is 0 Å². The van der Waals surface area contributed by atoms with Gasteiger partial charge in [0.2, 0.25) is 0 Å². The molecular weight excluding hydrogens is 597 g/mol. The highest BCUT2D eigenvalue weighted by molar-refractivity contribution is 5.96. The molecule has 0 saturated heterocycles. The molecule has 5 aliphatic rings. The molecule has 49 heavy (non-hydrogen) atoms. The Kier molecular flexibility index (Phi) is 9.64. The third-order valence-corrected chi connectivity index (χ3v) is 16.3. The first-order chi connectivity index (χ1) is 22.8. The Morgan fingerprint density at radius 3 is 2.22 bits per heavy atom. The minimum absolute atomic E-state index is 0.0957. The molecule has 0 aliphatic heterocycles. The molecule has 272 valence electrons. The van der Waals surface area contributed by atoms with Crippen LogP contribution in [-0.2, 0) is 0 Å². The fourth-order valence-corrected chi connectivity index (χ4v) is 13.5. The van der Waals surface area contributed by atoms with Crippen molar-refractivity contribution < 1.29 is 4.79 Å². The van der Waals surface area contributed by atoms with Gasteiger partial charge in [0, 0.05) is 30.6 Å². The molecular formula is C46H72N2O. The fraction of sp³-hybridized carbons (Fsp3) is 0.761. The van der Waals surface area contributed by atoms with Crippen molar-refractivity contribution in [1.82, 2.24) is 10.2 Å². The standard InChI is InChI=1S/C46H72N2O/c1-31(2)34-19-26-46(47-29-30-48(11)12)28-27-44(9)36(40(34)46)17-18-39-43(8)24-20-35(42(6,7)38(43)22-25-45(39,44)10)32-13-15-33(16-14-32)37(49)21-23-41(3,4)5/h13-16,20,34,36,38-40,47H,1,17-19,21-30H2,2-12H3/t34-,36+,38-,39+,40+,43?,44+,45+,46-/m0/s1. The maximum absolute atomic E-state index is 13.0. The molecule has 4 saturated carbocycles. The van der Waals surface area contributed by atoms with Gasteiger partial charge in [0.15, 0.2) is 5.78 Å². The Labute approximate surface area is 301 Å². The summed E-state index contributed by atoms with van der Waals surface area (Å²) in [7, 11) is 4.41. The van der Waals surface area contributed by atoms with Crippen molar-refractivity contribution in [2.75, 3.05) is 27.2 Å². The van der Waals surface area contributed by atoms with Gasteiger partial charge < -0.3 is 10.2 Å². The van der Waals surface area contributed by atoms with E-state index in [2.05, 4.69) is 124 Å². The molecule has 6 rings (SSSR count). The van der Waals surface area contributed by atoms with E-state index in [4.69, 9.17) is 0 Å². The Bertz CT molecular complexity index is 1440. The zero-order chi connectivity index (χ0) is 35.8. The number of hydrogen-bond acceptors (Lipinski definition) is 3. The van der Waals surface area contributed by atoms with E-state index in [1.807, 2.05) is 0 Å². The van der Waals surface area contributed by atoms with Crippen molar-refractivity contribution in [3.63, 3.8) is 0 Å². The second-order valence-electron chi connectivity index (χ2n) is 20.7. The van der Waals surface area contributed by atoms with Crippen LogP contribution < -0.4 is 5.32 Å². The van der Waals surface area contributed by atoms with E-state index < -0.39 is 0 Å². The van der Waals surface area contributed by atoms with Crippen LogP contribution in [0.25, 0.3) is 5.57 Å². The van der Waals surface area contributed by atoms with Gasteiger partial charge in [-0.1, -0.05) is 97.9 Å². The molecule has 0 bridgehead atoms. The van der Waals surface area contributed by atoms with Crippen molar-refractivity contribution in [1.29, 1.82) is 0 Å². The molecule has 1 unspecified atom stereocenters. The van der Waals surface area contributed by atoms with E-state index in [-0.39, 0.29) is 22.2 Å². The molecule has 3 nitrogen and oxygen atoms in total. The number of carbonyl (C=O) groups is 1. The van der Waals surface area contributed by atoms with Crippen LogP contribution in [0.4, 0.5) is 0 Å². The van der Waals surface area contributed by atoms with Gasteiger partial charge in [-0.3, -0.25) is 4.79 Å². The summed E-state index contributed by atoms with van der Waals surface area (Å²) in [6, 6.07) is 8.70. The zero-order valence-corrected chi connectivity index (χ0v) is 33.5. The van der Waals surface area contributed by atoms with Gasteiger partial charge in [-0.25, -0.2) is 0 Å². The van der Waals surface area contributed by atoms with E-state index in [9.17, 15) is 4.79 Å². The summed E-state index contributed by atoms with van der Waals surface area (Å²) < 4.78 is 0. The lowest BCUT2D eigenvalue weighted by Crippen LogP contribution is -2.68. The lowest BCUT2D eigenvalue weighted by Gasteiger charge is -2.72. The maximum atomic E-state index is 13.0. The van der Waals surface area contributed by atoms with Crippen molar-refractivity contribution in [2.45, 2.75) is 138 Å². The number of rotatable bonds is 9. The maximum Gasteiger partial charge on any atom is 0.162 e. The Balaban J connectivity index is 1.27. The number of likely N-dealkylation sites (N-methyl/N-ethyl adjacent to an activating group) is 1. The number of benzene rings is 1. The van der Waals surface area contributed by atoms with Gasteiger partial charge >= 0.3 is 0 Å². The molecule has 0 heterocycles. The largest absolute Gasteiger partial charge is 0.310 e. The molecule has 1 N–H and O–H groups in total. The molecule has 0 amide bonds. The Hall–Kier alpha value is -1.71. The second-order valence-corrected chi connectivity index (χ2v) is 20.7. The third-order valence-electron chi connectivity index (χ3n) is 16.3. The Morgan fingerprint density at radius 1 is 0.898 bits per heavy atom. The number of nitrogens with zero attached hydrogens (tertiary/aromatic N) is 1. The van der Waals surface area contributed by atoms with Crippen molar-refractivity contribution in [2.24, 2.45) is 56.7 Å². The normalized spacial score (nSPS) is 39.8. The predicted octanol–water partition coefficient (Wildman–Crippen LogP) is 11.3. The fourth-order valence-electron chi connectivity index (χ4n) is 13.5. The van der Waals surface area contributed by atoms with Crippen LogP contribution in [-0.4, -0.2) is 43.4 Å². The number of Topliss-reactive ketones (excluding diaryl/α,β-unsaturated/α-hetero) is 1. The van der Waals surface area contributed by atoms with Crippen LogP contribution in [0.15, 0.2) is 42.5 Å². The SMILES string of the molecule is C=C(C)[C@@H]1CC[C@]2(NCCN(C)C)CC[C@]3(C)[C@H](CC[C@@H]4C5(C)CC=C(c6ccc(C(=O)CCC(C)(C)C)cc6)C(C)(C)[C@@H]5CC[C@]43C)[C@@H]12. The first-order valence-electron chi connectivity index (χ1n) is 20.2. The first-order valence-corrected chi connectivity index (χ1v) is 20.2. The molecule has 0 spiro atoms. The summed E-state index contributed by atoms with van der Waals surface area (Å²) in [5.41, 5.74) is 6.71. The molecule has 0 aromatic heterocycles. The zero-order valence-electron chi connectivity index (χ0n) is 33.5. The van der Waals surface area contributed by atoms with Gasteiger partial charge in [-0.05, 0) is 153 Å². The summed E-state index contributed by atoms with van der Waals surface area (Å²) >= 11 is 0. The average molecular weight is 669 g/mol. The van der Waals surface area contributed by atoms with Gasteiger partial charge in [0.1, 0.15) is 0 Å². The van der Waals surface area contributed by atoms with Gasteiger partial charge in [0.25, 0.3) is 0 Å². The van der Waals surface area contributed by atoms with E-state index in [0.29, 0.717) is 40.4 Å². The monoisotopic (exact) mass is 669 g/mol. The van der Waals surface area contributed by atoms with Crippen LogP contribution in [0.1, 0.15) is 149 Å². The lowest BCUT2D eigenvalue weighted by atomic mass is 9.33. The van der Waals surface area contributed by atoms with E-state index in [1.54, 1.807) is 0 Å². The number of ketones is 1. The number of nitrogens with one attached hydrogen (secondary N) is 1. The minimum Gasteiger partial charge on any atom is -0.310 e. The van der Waals surface area contributed by atoms with Crippen molar-refractivity contribution >= 4 is 11.4 Å². The smallest absolute Gasteiger partial charge is 0.162 e. The Morgan fingerprint density at radius 2 is 1.59 bits per heavy atom. The van der Waals surface area contributed by atoms with Crippen LogP contribution in [0.2, 0.25) is 0 Å². The van der Waals surface area contributed by atoms with E-state index in [0.717, 1.165) is 36.9 Å². The first kappa shape index (κ1) is 37.1. The summed E-state index contributed by atoms with van der Waals surface area (Å²) in [6.45, 7) is 29.1. The van der Waals surface area contributed by atoms with Crippen LogP contribution >= 0.6 is 0 Å². The predicted molar refractivity (Wildman–Crippen MR) is 209 cm³/mol. The van der Waals surface area contributed by atoms with Gasteiger partial charge in [-0.15, -0.1) is 0 Å². The highest BCUT2D eigenvalue weighted by Crippen LogP contribution is 2.76. The van der Waals surface area contributed by atoms with Crippen LogP contribution in [0.3, 0.4) is 0 Å². The quantitative estimate of drug-likeness (QED) is 0.210. The van der Waals surface area contributed by atoms with Crippen molar-refractivity contribution in [3.05, 3.63) is 53.6 Å². The van der Waals surface area contributed by atoms with Gasteiger partial charge in [0.05, 0.1) is 0 Å². The highest BCUT2D eigenvalue weighted by atomic mass is 16.1.